The van der Waals surface area contributed by atoms with Crippen LogP contribution in [0.3, 0.4) is 0 Å². The van der Waals surface area contributed by atoms with Gasteiger partial charge >= 0.3 is 0 Å². The molecule has 3 aromatic heterocycles. The predicted octanol–water partition coefficient (Wildman–Crippen LogP) is 3.30. The summed E-state index contributed by atoms with van der Waals surface area (Å²) in [6, 6.07) is 12.4. The molecule has 1 fully saturated rings. The van der Waals surface area contributed by atoms with E-state index in [1.165, 1.54) is 0 Å². The van der Waals surface area contributed by atoms with Gasteiger partial charge in [-0.2, -0.15) is 5.10 Å². The van der Waals surface area contributed by atoms with Crippen molar-refractivity contribution < 1.29 is 0 Å². The number of para-hydroxylation sites is 1. The maximum atomic E-state index is 4.60. The van der Waals surface area contributed by atoms with E-state index >= 15 is 0 Å². The molecule has 0 amide bonds. The molecule has 8 heteroatoms. The van der Waals surface area contributed by atoms with E-state index in [0.29, 0.717) is 6.04 Å². The minimum Gasteiger partial charge on any atom is -0.366 e. The molecule has 0 bridgehead atoms. The lowest BCUT2D eigenvalue weighted by atomic mass is 10.0. The molecule has 0 saturated carbocycles. The minimum atomic E-state index is 0.350. The molecular weight excluding hydrogens is 376 g/mol. The third-order valence-corrected chi connectivity index (χ3v) is 5.48. The summed E-state index contributed by atoms with van der Waals surface area (Å²) in [6.45, 7) is 5.86. The second kappa shape index (κ2) is 7.70. The van der Waals surface area contributed by atoms with Crippen molar-refractivity contribution in [3.05, 3.63) is 60.4 Å². The Hall–Kier alpha value is -3.55. The highest BCUT2D eigenvalue weighted by atomic mass is 15.3. The normalized spacial score (nSPS) is 14.9. The average molecular weight is 400 g/mol. The zero-order valence-corrected chi connectivity index (χ0v) is 17.2. The summed E-state index contributed by atoms with van der Waals surface area (Å²) in [5.74, 6) is 2.69. The molecule has 0 unspecified atom stereocenters. The van der Waals surface area contributed by atoms with Crippen molar-refractivity contribution in [2.24, 2.45) is 0 Å². The summed E-state index contributed by atoms with van der Waals surface area (Å²) in [6.07, 6.45) is 5.47. The second-order valence-electron chi connectivity index (χ2n) is 7.67. The van der Waals surface area contributed by atoms with Crippen molar-refractivity contribution in [1.29, 1.82) is 0 Å². The number of aryl methyl sites for hydroxylation is 2. The van der Waals surface area contributed by atoms with E-state index in [-0.39, 0.29) is 0 Å². The Kier molecular flexibility index (Phi) is 4.74. The first-order valence-corrected chi connectivity index (χ1v) is 10.3. The molecule has 4 aromatic rings. The number of nitrogens with one attached hydrogen (secondary N) is 1. The summed E-state index contributed by atoms with van der Waals surface area (Å²) in [5, 5.41) is 9.09. The van der Waals surface area contributed by atoms with Crippen molar-refractivity contribution in [2.75, 3.05) is 23.3 Å². The van der Waals surface area contributed by atoms with Crippen LogP contribution in [-0.2, 0) is 0 Å². The molecule has 1 aliphatic heterocycles. The van der Waals surface area contributed by atoms with Gasteiger partial charge in [-0.05, 0) is 38.8 Å². The van der Waals surface area contributed by atoms with Crippen LogP contribution in [-0.4, -0.2) is 48.8 Å². The van der Waals surface area contributed by atoms with E-state index in [1.54, 1.807) is 6.33 Å². The van der Waals surface area contributed by atoms with Crippen molar-refractivity contribution >= 4 is 22.7 Å². The third-order valence-electron chi connectivity index (χ3n) is 5.48. The SMILES string of the molecule is Cc1cc(N2CCC(Nc3ncnc4c3cnn4-c3ccccc3)CC2)nc(C)n1. The number of benzene rings is 1. The summed E-state index contributed by atoms with van der Waals surface area (Å²) >= 11 is 0. The predicted molar refractivity (Wildman–Crippen MR) is 117 cm³/mol. The van der Waals surface area contributed by atoms with Gasteiger partial charge in [-0.15, -0.1) is 0 Å². The van der Waals surface area contributed by atoms with Crippen LogP contribution in [0.15, 0.2) is 48.9 Å². The highest BCUT2D eigenvalue weighted by Gasteiger charge is 2.22. The van der Waals surface area contributed by atoms with Crippen LogP contribution < -0.4 is 10.2 Å². The van der Waals surface area contributed by atoms with Gasteiger partial charge in [0.2, 0.25) is 0 Å². The maximum absolute atomic E-state index is 4.60. The van der Waals surface area contributed by atoms with Gasteiger partial charge in [0.25, 0.3) is 0 Å². The second-order valence-corrected chi connectivity index (χ2v) is 7.67. The molecule has 8 nitrogen and oxygen atoms in total. The fraction of sp³-hybridized carbons (Fsp3) is 0.318. The lowest BCUT2D eigenvalue weighted by Crippen LogP contribution is -2.39. The molecule has 4 heterocycles. The van der Waals surface area contributed by atoms with Crippen molar-refractivity contribution in [3.8, 4) is 5.69 Å². The average Bonchev–Trinajstić information content (AvgIpc) is 3.19. The van der Waals surface area contributed by atoms with E-state index in [2.05, 4.69) is 41.3 Å². The quantitative estimate of drug-likeness (QED) is 0.562. The highest BCUT2D eigenvalue weighted by molar-refractivity contribution is 5.87. The van der Waals surface area contributed by atoms with Crippen LogP contribution >= 0.6 is 0 Å². The van der Waals surface area contributed by atoms with Crippen molar-refractivity contribution in [1.82, 2.24) is 29.7 Å². The van der Waals surface area contributed by atoms with Crippen LogP contribution in [0.25, 0.3) is 16.7 Å². The topological polar surface area (TPSA) is 84.6 Å². The highest BCUT2D eigenvalue weighted by Crippen LogP contribution is 2.25. The zero-order valence-electron chi connectivity index (χ0n) is 17.2. The molecule has 1 aliphatic rings. The van der Waals surface area contributed by atoms with Crippen molar-refractivity contribution in [2.45, 2.75) is 32.7 Å². The smallest absolute Gasteiger partial charge is 0.168 e. The summed E-state index contributed by atoms with van der Waals surface area (Å²) in [4.78, 5) is 20.3. The molecule has 1 saturated heterocycles. The minimum absolute atomic E-state index is 0.350. The van der Waals surface area contributed by atoms with E-state index in [0.717, 1.165) is 65.8 Å². The Morgan fingerprint density at radius 3 is 2.57 bits per heavy atom. The molecule has 0 radical (unpaired) electrons. The van der Waals surface area contributed by atoms with E-state index < -0.39 is 0 Å². The number of anilines is 2. The first-order valence-electron chi connectivity index (χ1n) is 10.3. The molecule has 0 atom stereocenters. The van der Waals surface area contributed by atoms with E-state index in [1.807, 2.05) is 55.1 Å². The molecule has 0 aliphatic carbocycles. The summed E-state index contributed by atoms with van der Waals surface area (Å²) < 4.78 is 1.85. The largest absolute Gasteiger partial charge is 0.366 e. The zero-order chi connectivity index (χ0) is 20.5. The third kappa shape index (κ3) is 3.56. The Balaban J connectivity index is 1.32. The number of aromatic nitrogens is 6. The van der Waals surface area contributed by atoms with Crippen molar-refractivity contribution in [3.63, 3.8) is 0 Å². The molecule has 5 rings (SSSR count). The number of rotatable bonds is 4. The fourth-order valence-corrected chi connectivity index (χ4v) is 4.02. The first-order chi connectivity index (χ1) is 14.7. The Labute approximate surface area is 175 Å². The van der Waals surface area contributed by atoms with Crippen LogP contribution in [0, 0.1) is 13.8 Å². The van der Waals surface area contributed by atoms with Crippen LogP contribution in [0.4, 0.5) is 11.6 Å². The maximum Gasteiger partial charge on any atom is 0.168 e. The summed E-state index contributed by atoms with van der Waals surface area (Å²) in [5.41, 5.74) is 2.81. The lowest BCUT2D eigenvalue weighted by Gasteiger charge is -2.33. The van der Waals surface area contributed by atoms with Crippen LogP contribution in [0.2, 0.25) is 0 Å². The van der Waals surface area contributed by atoms with Gasteiger partial charge in [-0.25, -0.2) is 24.6 Å². The summed E-state index contributed by atoms with van der Waals surface area (Å²) in [7, 11) is 0. The molecule has 30 heavy (non-hydrogen) atoms. The van der Waals surface area contributed by atoms with Gasteiger partial charge in [0.15, 0.2) is 5.65 Å². The molecule has 1 aromatic carbocycles. The van der Waals surface area contributed by atoms with Gasteiger partial charge < -0.3 is 10.2 Å². The number of nitrogens with zero attached hydrogens (tertiary/aromatic N) is 7. The van der Waals surface area contributed by atoms with Gasteiger partial charge in [-0.3, -0.25) is 0 Å². The van der Waals surface area contributed by atoms with Crippen LogP contribution in [0.1, 0.15) is 24.4 Å². The van der Waals surface area contributed by atoms with Gasteiger partial charge in [-0.1, -0.05) is 18.2 Å². The standard InChI is InChI=1S/C22H24N8/c1-15-12-20(27-16(2)26-15)29-10-8-17(9-11-29)28-21-19-13-25-30(22(19)24-14-23-21)18-6-4-3-5-7-18/h3-7,12-14,17H,8-11H2,1-2H3,(H,23,24,28). The number of fused-ring (bicyclic) bond motifs is 1. The number of hydrogen-bond acceptors (Lipinski definition) is 7. The Bertz CT molecular complexity index is 1140. The Morgan fingerprint density at radius 2 is 1.80 bits per heavy atom. The van der Waals surface area contributed by atoms with E-state index in [4.69, 9.17) is 0 Å². The van der Waals surface area contributed by atoms with Gasteiger partial charge in [0.05, 0.1) is 17.3 Å². The molecule has 0 spiro atoms. The number of hydrogen-bond donors (Lipinski definition) is 1. The van der Waals surface area contributed by atoms with Gasteiger partial charge in [0, 0.05) is 30.9 Å². The monoisotopic (exact) mass is 400 g/mol. The molecular formula is C22H24N8. The van der Waals surface area contributed by atoms with Gasteiger partial charge in [0.1, 0.15) is 23.8 Å². The Morgan fingerprint density at radius 1 is 1.00 bits per heavy atom. The molecule has 1 N–H and O–H groups in total. The lowest BCUT2D eigenvalue weighted by molar-refractivity contribution is 0.522. The molecule has 152 valence electrons. The van der Waals surface area contributed by atoms with E-state index in [9.17, 15) is 0 Å². The number of piperidine rings is 1. The first kappa shape index (κ1) is 18.5. The van der Waals surface area contributed by atoms with Crippen LogP contribution in [0.5, 0.6) is 0 Å². The fourth-order valence-electron chi connectivity index (χ4n) is 4.02.